The molecular weight excluding hydrogens is 310 g/mol. The molecule has 6 heteroatoms. The van der Waals surface area contributed by atoms with Gasteiger partial charge in [0.25, 0.3) is 0 Å². The number of para-hydroxylation sites is 1. The number of aromatic amines is 2. The van der Waals surface area contributed by atoms with Crippen molar-refractivity contribution in [2.24, 2.45) is 0 Å². The minimum Gasteiger partial charge on any atom is -0.476 e. The van der Waals surface area contributed by atoms with Gasteiger partial charge in [-0.2, -0.15) is 5.10 Å². The van der Waals surface area contributed by atoms with Gasteiger partial charge in [-0.25, -0.2) is 4.79 Å². The number of carbonyl (C=O) groups is 1. The summed E-state index contributed by atoms with van der Waals surface area (Å²) in [6.07, 6.45) is 0. The number of nitrogens with zero attached hydrogens (tertiary/aromatic N) is 1. The van der Waals surface area contributed by atoms with E-state index in [1.807, 2.05) is 31.2 Å². The molecule has 0 saturated heterocycles. The highest BCUT2D eigenvalue weighted by molar-refractivity contribution is 9.10. The Hall–Kier alpha value is -2.08. The molecule has 3 rings (SSSR count). The third kappa shape index (κ3) is 1.76. The fourth-order valence-corrected chi connectivity index (χ4v) is 2.76. The van der Waals surface area contributed by atoms with Gasteiger partial charge in [-0.1, -0.05) is 18.2 Å². The van der Waals surface area contributed by atoms with Crippen molar-refractivity contribution in [1.29, 1.82) is 0 Å². The predicted octanol–water partition coefficient (Wildman–Crippen LogP) is 3.33. The zero-order chi connectivity index (χ0) is 13.6. The van der Waals surface area contributed by atoms with Gasteiger partial charge in [0.05, 0.1) is 4.47 Å². The molecule has 0 aliphatic heterocycles. The molecule has 0 aliphatic carbocycles. The van der Waals surface area contributed by atoms with Crippen LogP contribution in [0.3, 0.4) is 0 Å². The minimum absolute atomic E-state index is 0.0553. The zero-order valence-electron chi connectivity index (χ0n) is 9.99. The van der Waals surface area contributed by atoms with E-state index in [2.05, 4.69) is 31.1 Å². The van der Waals surface area contributed by atoms with Crippen LogP contribution in [0.15, 0.2) is 28.7 Å². The minimum atomic E-state index is -1.04. The average molecular weight is 320 g/mol. The van der Waals surface area contributed by atoms with Gasteiger partial charge in [-0.3, -0.25) is 5.10 Å². The van der Waals surface area contributed by atoms with E-state index in [0.717, 1.165) is 22.2 Å². The Kier molecular flexibility index (Phi) is 2.67. The molecule has 1 aromatic carbocycles. The Morgan fingerprint density at radius 3 is 2.79 bits per heavy atom. The van der Waals surface area contributed by atoms with E-state index in [1.54, 1.807) is 0 Å². The van der Waals surface area contributed by atoms with Crippen LogP contribution in [0.25, 0.3) is 22.2 Å². The largest absolute Gasteiger partial charge is 0.476 e. The molecule has 0 unspecified atom stereocenters. The maximum absolute atomic E-state index is 11.0. The Bertz CT molecular complexity index is 788. The monoisotopic (exact) mass is 319 g/mol. The number of halogens is 1. The smallest absolute Gasteiger partial charge is 0.355 e. The van der Waals surface area contributed by atoms with Gasteiger partial charge in [-0.15, -0.1) is 0 Å². The number of rotatable bonds is 2. The van der Waals surface area contributed by atoms with E-state index in [0.29, 0.717) is 10.2 Å². The highest BCUT2D eigenvalue weighted by Gasteiger charge is 2.21. The van der Waals surface area contributed by atoms with Crippen molar-refractivity contribution in [2.45, 2.75) is 6.92 Å². The van der Waals surface area contributed by atoms with Crippen molar-refractivity contribution in [3.05, 3.63) is 40.1 Å². The van der Waals surface area contributed by atoms with Crippen molar-refractivity contribution < 1.29 is 9.90 Å². The number of carboxylic acids is 1. The molecule has 96 valence electrons. The number of hydrogen-bond donors (Lipinski definition) is 3. The number of hydrogen-bond acceptors (Lipinski definition) is 2. The molecule has 3 N–H and O–H groups in total. The first-order chi connectivity index (χ1) is 9.09. The van der Waals surface area contributed by atoms with Crippen LogP contribution in [0.1, 0.15) is 16.2 Å². The summed E-state index contributed by atoms with van der Waals surface area (Å²) >= 11 is 3.30. The van der Waals surface area contributed by atoms with Crippen LogP contribution in [0.4, 0.5) is 0 Å². The molecular formula is C13H10BrN3O2. The van der Waals surface area contributed by atoms with E-state index in [4.69, 9.17) is 5.11 Å². The number of aromatic nitrogens is 3. The van der Waals surface area contributed by atoms with Crippen LogP contribution in [0, 0.1) is 6.92 Å². The molecule has 0 saturated carbocycles. The zero-order valence-corrected chi connectivity index (χ0v) is 11.6. The summed E-state index contributed by atoms with van der Waals surface area (Å²) < 4.78 is 0.466. The van der Waals surface area contributed by atoms with E-state index >= 15 is 0 Å². The molecule has 2 heterocycles. The molecule has 2 aromatic heterocycles. The summed E-state index contributed by atoms with van der Waals surface area (Å²) in [5.41, 5.74) is 3.52. The summed E-state index contributed by atoms with van der Waals surface area (Å²) in [5.74, 6) is -1.04. The maximum Gasteiger partial charge on any atom is 0.355 e. The van der Waals surface area contributed by atoms with Gasteiger partial charge in [0.15, 0.2) is 5.69 Å². The van der Waals surface area contributed by atoms with Crippen LogP contribution in [0.5, 0.6) is 0 Å². The topological polar surface area (TPSA) is 81.8 Å². The van der Waals surface area contributed by atoms with Gasteiger partial charge < -0.3 is 10.1 Å². The Morgan fingerprint density at radius 1 is 1.37 bits per heavy atom. The van der Waals surface area contributed by atoms with Crippen molar-refractivity contribution in [1.82, 2.24) is 15.2 Å². The standard InChI is InChI=1S/C13H10BrN3O2/c1-6-9(7-4-2-3-5-8(7)15-6)11-10(14)12(13(18)19)17-16-11/h2-5,15H,1H3,(H,16,17)(H,18,19). The highest BCUT2D eigenvalue weighted by atomic mass is 79.9. The lowest BCUT2D eigenvalue weighted by Crippen LogP contribution is -1.96. The first kappa shape index (κ1) is 12.0. The Morgan fingerprint density at radius 2 is 2.11 bits per heavy atom. The molecule has 0 fully saturated rings. The highest BCUT2D eigenvalue weighted by Crippen LogP contribution is 2.36. The van der Waals surface area contributed by atoms with E-state index in [1.165, 1.54) is 0 Å². The molecule has 0 spiro atoms. The normalized spacial score (nSPS) is 11.1. The fraction of sp³-hybridized carbons (Fsp3) is 0.0769. The number of fused-ring (bicyclic) bond motifs is 1. The number of carboxylic acid groups (broad SMARTS) is 1. The number of aromatic carboxylic acids is 1. The summed E-state index contributed by atoms with van der Waals surface area (Å²) in [6.45, 7) is 1.94. The molecule has 19 heavy (non-hydrogen) atoms. The summed E-state index contributed by atoms with van der Waals surface area (Å²) in [4.78, 5) is 14.3. The molecule has 0 atom stereocenters. The lowest BCUT2D eigenvalue weighted by atomic mass is 10.1. The number of H-pyrrole nitrogens is 2. The fourth-order valence-electron chi connectivity index (χ4n) is 2.22. The van der Waals surface area contributed by atoms with E-state index in [-0.39, 0.29) is 5.69 Å². The third-order valence-corrected chi connectivity index (χ3v) is 3.82. The van der Waals surface area contributed by atoms with Crippen molar-refractivity contribution in [3.8, 4) is 11.3 Å². The van der Waals surface area contributed by atoms with Gasteiger partial charge >= 0.3 is 5.97 Å². The second kappa shape index (κ2) is 4.24. The van der Waals surface area contributed by atoms with Gasteiger partial charge in [0.2, 0.25) is 0 Å². The summed E-state index contributed by atoms with van der Waals surface area (Å²) in [5, 5.41) is 16.7. The summed E-state index contributed by atoms with van der Waals surface area (Å²) in [6, 6.07) is 7.85. The average Bonchev–Trinajstić information content (AvgIpc) is 2.88. The number of benzene rings is 1. The second-order valence-electron chi connectivity index (χ2n) is 4.24. The lowest BCUT2D eigenvalue weighted by molar-refractivity contribution is 0.0689. The molecule has 3 aromatic rings. The first-order valence-corrected chi connectivity index (χ1v) is 6.43. The SMILES string of the molecule is Cc1[nH]c2ccccc2c1-c1n[nH]c(C(=O)O)c1Br. The van der Waals surface area contributed by atoms with Gasteiger partial charge in [0, 0.05) is 22.2 Å². The molecule has 0 aliphatic rings. The Balaban J connectivity index is 2.30. The lowest BCUT2D eigenvalue weighted by Gasteiger charge is -1.98. The second-order valence-corrected chi connectivity index (χ2v) is 5.03. The molecule has 0 bridgehead atoms. The number of nitrogens with one attached hydrogen (secondary N) is 2. The third-order valence-electron chi connectivity index (χ3n) is 3.05. The van der Waals surface area contributed by atoms with Crippen LogP contribution in [0.2, 0.25) is 0 Å². The van der Waals surface area contributed by atoms with Gasteiger partial charge in [-0.05, 0) is 28.9 Å². The Labute approximate surface area is 116 Å². The van der Waals surface area contributed by atoms with Crippen molar-refractivity contribution in [3.63, 3.8) is 0 Å². The quantitative estimate of drug-likeness (QED) is 0.677. The summed E-state index contributed by atoms with van der Waals surface area (Å²) in [7, 11) is 0. The van der Waals surface area contributed by atoms with Crippen molar-refractivity contribution >= 4 is 32.8 Å². The van der Waals surface area contributed by atoms with Crippen LogP contribution < -0.4 is 0 Å². The first-order valence-electron chi connectivity index (χ1n) is 5.64. The molecule has 0 radical (unpaired) electrons. The maximum atomic E-state index is 11.0. The van der Waals surface area contributed by atoms with Gasteiger partial charge in [0.1, 0.15) is 5.69 Å². The van der Waals surface area contributed by atoms with E-state index in [9.17, 15) is 4.79 Å². The van der Waals surface area contributed by atoms with Crippen LogP contribution >= 0.6 is 15.9 Å². The van der Waals surface area contributed by atoms with Crippen LogP contribution in [-0.4, -0.2) is 26.3 Å². The van der Waals surface area contributed by atoms with Crippen LogP contribution in [-0.2, 0) is 0 Å². The van der Waals surface area contributed by atoms with Crippen molar-refractivity contribution in [2.75, 3.05) is 0 Å². The molecule has 5 nitrogen and oxygen atoms in total. The molecule has 0 amide bonds. The van der Waals surface area contributed by atoms with E-state index < -0.39 is 5.97 Å². The number of aryl methyl sites for hydroxylation is 1. The predicted molar refractivity (Wildman–Crippen MR) is 75.3 cm³/mol.